The van der Waals surface area contributed by atoms with E-state index in [1.807, 2.05) is 39.1 Å². The second-order valence-corrected chi connectivity index (χ2v) is 9.48. The number of carbonyl (C=O) groups excluding carboxylic acids is 2. The van der Waals surface area contributed by atoms with Crippen LogP contribution in [-0.2, 0) is 13.0 Å². The Morgan fingerprint density at radius 2 is 1.89 bits per heavy atom. The molecule has 1 aliphatic carbocycles. The molecule has 2 aromatic rings. The fraction of sp³-hybridized carbons (Fsp3) is 0.593. The van der Waals surface area contributed by atoms with E-state index in [4.69, 9.17) is 9.47 Å². The van der Waals surface area contributed by atoms with Crippen molar-refractivity contribution in [3.8, 4) is 11.5 Å². The van der Waals surface area contributed by atoms with Gasteiger partial charge in [0.1, 0.15) is 17.2 Å². The molecule has 1 fully saturated rings. The minimum atomic E-state index is -0.405. The van der Waals surface area contributed by atoms with Crippen molar-refractivity contribution in [2.45, 2.75) is 71.0 Å². The number of amides is 2. The number of hydrogen-bond acceptors (Lipinski definition) is 6. The molecule has 1 unspecified atom stereocenters. The summed E-state index contributed by atoms with van der Waals surface area (Å²) in [6.07, 6.45) is 5.49. The lowest BCUT2D eigenvalue weighted by Crippen LogP contribution is -2.60. The van der Waals surface area contributed by atoms with Crippen molar-refractivity contribution >= 4 is 11.8 Å². The van der Waals surface area contributed by atoms with Gasteiger partial charge in [-0.05, 0) is 37.8 Å². The van der Waals surface area contributed by atoms with Crippen LogP contribution in [-0.4, -0.2) is 72.4 Å². The number of nitrogens with one attached hydrogen (secondary N) is 2. The fourth-order valence-electron chi connectivity index (χ4n) is 4.79. The quantitative estimate of drug-likeness (QED) is 0.550. The molecule has 1 aliphatic heterocycles. The van der Waals surface area contributed by atoms with E-state index in [9.17, 15) is 9.59 Å². The van der Waals surface area contributed by atoms with Crippen molar-refractivity contribution in [2.75, 3.05) is 34.4 Å². The Bertz CT molecular complexity index is 1050. The first kappa shape index (κ1) is 27.5. The van der Waals surface area contributed by atoms with E-state index in [1.54, 1.807) is 29.9 Å². The highest BCUT2D eigenvalue weighted by Crippen LogP contribution is 2.27. The van der Waals surface area contributed by atoms with Crippen LogP contribution >= 0.6 is 0 Å². The minimum absolute atomic E-state index is 0.114. The summed E-state index contributed by atoms with van der Waals surface area (Å²) in [6.45, 7) is 7.73. The first-order valence-electron chi connectivity index (χ1n) is 12.9. The van der Waals surface area contributed by atoms with Gasteiger partial charge in [-0.2, -0.15) is 5.10 Å². The number of methoxy groups -OCH3 is 2. The van der Waals surface area contributed by atoms with Gasteiger partial charge in [-0.1, -0.05) is 32.8 Å². The first-order valence-corrected chi connectivity index (χ1v) is 12.9. The van der Waals surface area contributed by atoms with Gasteiger partial charge in [-0.15, -0.1) is 0 Å². The summed E-state index contributed by atoms with van der Waals surface area (Å²) >= 11 is 0. The van der Waals surface area contributed by atoms with Crippen molar-refractivity contribution in [3.63, 3.8) is 0 Å². The van der Waals surface area contributed by atoms with Gasteiger partial charge < -0.3 is 25.0 Å². The number of hydrogen-bond donors (Lipinski definition) is 2. The lowest BCUT2D eigenvalue weighted by molar-refractivity contribution is 0.0435. The number of aromatic nitrogens is 2. The predicted molar refractivity (Wildman–Crippen MR) is 140 cm³/mol. The van der Waals surface area contributed by atoms with Crippen LogP contribution in [0, 0.1) is 0 Å². The summed E-state index contributed by atoms with van der Waals surface area (Å²) in [5.74, 6) is 1.02. The topological polar surface area (TPSA) is 97.7 Å². The summed E-state index contributed by atoms with van der Waals surface area (Å²) < 4.78 is 12.3. The van der Waals surface area contributed by atoms with E-state index in [0.29, 0.717) is 49.3 Å². The van der Waals surface area contributed by atoms with Crippen molar-refractivity contribution in [2.24, 2.45) is 0 Å². The van der Waals surface area contributed by atoms with Gasteiger partial charge in [0, 0.05) is 38.3 Å². The van der Waals surface area contributed by atoms with Crippen LogP contribution in [0.25, 0.3) is 0 Å². The third kappa shape index (κ3) is 6.00. The summed E-state index contributed by atoms with van der Waals surface area (Å²) in [6, 6.07) is 7.72. The smallest absolute Gasteiger partial charge is 0.272 e. The zero-order valence-corrected chi connectivity index (χ0v) is 22.5. The highest BCUT2D eigenvalue weighted by Gasteiger charge is 2.41. The number of benzene rings is 1. The average molecular weight is 500 g/mol. The van der Waals surface area contributed by atoms with Crippen LogP contribution in [0.4, 0.5) is 0 Å². The van der Waals surface area contributed by atoms with Crippen LogP contribution in [0.2, 0.25) is 0 Å². The molecule has 2 N–H and O–H groups in total. The normalized spacial score (nSPS) is 19.4. The summed E-state index contributed by atoms with van der Waals surface area (Å²) in [7, 11) is 5.05. The number of likely N-dealkylation sites (N-methyl/N-ethyl adjacent to an activating group) is 1. The third-order valence-electron chi connectivity index (χ3n) is 7.14. The number of carbonyl (C=O) groups is 2. The molecule has 0 spiro atoms. The molecule has 2 heterocycles. The zero-order valence-electron chi connectivity index (χ0n) is 22.5. The van der Waals surface area contributed by atoms with Crippen LogP contribution < -0.4 is 20.1 Å². The van der Waals surface area contributed by atoms with Gasteiger partial charge in [-0.25, -0.2) is 0 Å². The molecule has 2 aliphatic rings. The molecule has 9 nitrogen and oxygen atoms in total. The maximum Gasteiger partial charge on any atom is 0.272 e. The van der Waals surface area contributed by atoms with Crippen molar-refractivity contribution < 1.29 is 19.1 Å². The molecule has 0 bridgehead atoms. The monoisotopic (exact) mass is 499 g/mol. The Labute approximate surface area is 214 Å². The maximum atomic E-state index is 13.1. The Morgan fingerprint density at radius 3 is 2.56 bits per heavy atom. The Morgan fingerprint density at radius 1 is 1.17 bits per heavy atom. The molecule has 36 heavy (non-hydrogen) atoms. The minimum Gasteiger partial charge on any atom is -0.497 e. The SMILES string of the molecule is CC.COc1ccc(CCNC(=O)c2cc3n(n2)CC(C)(CNC2CCCC2)N(C)C3=O)c(OC)c1. The van der Waals surface area contributed by atoms with Crippen molar-refractivity contribution in [1.29, 1.82) is 0 Å². The van der Waals surface area contributed by atoms with Gasteiger partial charge in [0.15, 0.2) is 5.69 Å². The molecular formula is C27H41N5O4. The molecule has 9 heteroatoms. The molecule has 2 amide bonds. The number of ether oxygens (including phenoxy) is 2. The molecule has 4 rings (SSSR count). The lowest BCUT2D eigenvalue weighted by atomic mass is 9.96. The van der Waals surface area contributed by atoms with Crippen molar-refractivity contribution in [3.05, 3.63) is 41.2 Å². The molecule has 1 aromatic carbocycles. The van der Waals surface area contributed by atoms with Gasteiger partial charge in [-0.3, -0.25) is 14.3 Å². The van der Waals surface area contributed by atoms with Crippen molar-refractivity contribution in [1.82, 2.24) is 25.3 Å². The second-order valence-electron chi connectivity index (χ2n) is 9.48. The van der Waals surface area contributed by atoms with E-state index < -0.39 is 5.54 Å². The van der Waals surface area contributed by atoms with Gasteiger partial charge in [0.25, 0.3) is 11.8 Å². The number of rotatable bonds is 9. The largest absolute Gasteiger partial charge is 0.497 e. The fourth-order valence-corrected chi connectivity index (χ4v) is 4.79. The molecule has 1 aromatic heterocycles. The van der Waals surface area contributed by atoms with E-state index in [2.05, 4.69) is 22.7 Å². The molecule has 1 atom stereocenters. The van der Waals surface area contributed by atoms with E-state index in [-0.39, 0.29) is 17.5 Å². The van der Waals surface area contributed by atoms with Gasteiger partial charge in [0.2, 0.25) is 0 Å². The second kappa shape index (κ2) is 12.3. The maximum absolute atomic E-state index is 13.1. The van der Waals surface area contributed by atoms with Crippen LogP contribution in [0.3, 0.4) is 0 Å². The van der Waals surface area contributed by atoms with E-state index in [1.165, 1.54) is 25.7 Å². The average Bonchev–Trinajstić information content (AvgIpc) is 3.58. The molecule has 0 saturated heterocycles. The third-order valence-corrected chi connectivity index (χ3v) is 7.14. The summed E-state index contributed by atoms with van der Waals surface area (Å²) in [5, 5.41) is 11.0. The molecule has 1 saturated carbocycles. The standard InChI is InChI=1S/C25H35N5O4.C2H6/c1-25(15-27-18-7-5-6-8-18)16-30-21(24(32)29(25)2)14-20(28-30)23(31)26-12-11-17-9-10-19(33-3)13-22(17)34-4;1-2/h9-10,13-14,18,27H,5-8,11-12,15-16H2,1-4H3,(H,26,31);1-2H3. The van der Waals surface area contributed by atoms with Crippen LogP contribution in [0.15, 0.2) is 24.3 Å². The predicted octanol–water partition coefficient (Wildman–Crippen LogP) is 3.28. The lowest BCUT2D eigenvalue weighted by Gasteiger charge is -2.43. The summed E-state index contributed by atoms with van der Waals surface area (Å²) in [4.78, 5) is 27.6. The highest BCUT2D eigenvalue weighted by atomic mass is 16.5. The Kier molecular flexibility index (Phi) is 9.37. The molecule has 198 valence electrons. The highest BCUT2D eigenvalue weighted by molar-refractivity contribution is 5.98. The van der Waals surface area contributed by atoms with Crippen LogP contribution in [0.1, 0.15) is 73.0 Å². The number of fused-ring (bicyclic) bond motifs is 1. The number of nitrogens with zero attached hydrogens (tertiary/aromatic N) is 3. The van der Waals surface area contributed by atoms with Crippen LogP contribution in [0.5, 0.6) is 11.5 Å². The van der Waals surface area contributed by atoms with E-state index in [0.717, 1.165) is 5.56 Å². The zero-order chi connectivity index (χ0) is 26.3. The first-order chi connectivity index (χ1) is 17.3. The van der Waals surface area contributed by atoms with Gasteiger partial charge >= 0.3 is 0 Å². The van der Waals surface area contributed by atoms with Gasteiger partial charge in [0.05, 0.1) is 26.3 Å². The summed E-state index contributed by atoms with van der Waals surface area (Å²) in [5.41, 5.74) is 1.27. The molecular weight excluding hydrogens is 458 g/mol. The Balaban J connectivity index is 0.00000176. The Hall–Kier alpha value is -3.07. The van der Waals surface area contributed by atoms with E-state index >= 15 is 0 Å². The molecule has 0 radical (unpaired) electrons.